The summed E-state index contributed by atoms with van der Waals surface area (Å²) in [6.45, 7) is 0. The number of rotatable bonds is 2. The first-order valence-corrected chi connectivity index (χ1v) is 8.56. The summed E-state index contributed by atoms with van der Waals surface area (Å²) in [7, 11) is 0. The first kappa shape index (κ1) is 14.1. The zero-order chi connectivity index (χ0) is 16.6. The molecule has 25 heavy (non-hydrogen) atoms. The quantitative estimate of drug-likeness (QED) is 0.374. The molecule has 1 N–H and O–H groups in total. The van der Waals surface area contributed by atoms with E-state index < -0.39 is 0 Å². The van der Waals surface area contributed by atoms with Crippen LogP contribution in [-0.4, -0.2) is 4.98 Å². The van der Waals surface area contributed by atoms with Crippen molar-refractivity contribution in [2.24, 2.45) is 0 Å². The minimum atomic E-state index is 1.18. The largest absolute Gasteiger partial charge is 0.353 e. The Morgan fingerprint density at radius 1 is 0.480 bits per heavy atom. The number of aromatic nitrogens is 1. The Bertz CT molecular complexity index is 1170. The Morgan fingerprint density at radius 3 is 1.88 bits per heavy atom. The van der Waals surface area contributed by atoms with Gasteiger partial charge in [0.1, 0.15) is 0 Å². The lowest BCUT2D eigenvalue weighted by Crippen LogP contribution is -1.82. The molecule has 0 aliphatic rings. The van der Waals surface area contributed by atoms with Crippen LogP contribution in [0.4, 0.5) is 0 Å². The molecule has 0 spiro atoms. The molecule has 5 rings (SSSR count). The monoisotopic (exact) mass is 319 g/mol. The minimum Gasteiger partial charge on any atom is -0.353 e. The second kappa shape index (κ2) is 5.64. The van der Waals surface area contributed by atoms with Gasteiger partial charge in [-0.05, 0) is 16.5 Å². The highest BCUT2D eigenvalue weighted by Crippen LogP contribution is 2.40. The minimum absolute atomic E-state index is 1.18. The van der Waals surface area contributed by atoms with E-state index in [1.54, 1.807) is 0 Å². The lowest BCUT2D eigenvalue weighted by atomic mass is 9.97. The smallest absolute Gasteiger partial charge is 0.0544 e. The van der Waals surface area contributed by atoms with Crippen LogP contribution in [0.2, 0.25) is 0 Å². The van der Waals surface area contributed by atoms with Crippen LogP contribution in [0.25, 0.3) is 44.1 Å². The normalized spacial score (nSPS) is 11.2. The molecule has 0 saturated heterocycles. The Labute approximate surface area is 146 Å². The molecule has 5 aromatic rings. The van der Waals surface area contributed by atoms with Gasteiger partial charge in [0, 0.05) is 16.3 Å². The predicted molar refractivity (Wildman–Crippen MR) is 107 cm³/mol. The fourth-order valence-corrected chi connectivity index (χ4v) is 3.66. The maximum Gasteiger partial charge on any atom is 0.0544 e. The van der Waals surface area contributed by atoms with Gasteiger partial charge in [-0.1, -0.05) is 97.1 Å². The summed E-state index contributed by atoms with van der Waals surface area (Å²) in [6.07, 6.45) is 0. The van der Waals surface area contributed by atoms with Crippen LogP contribution in [0.15, 0.2) is 97.1 Å². The molecule has 0 atom stereocenters. The van der Waals surface area contributed by atoms with E-state index in [2.05, 4.69) is 102 Å². The maximum atomic E-state index is 3.72. The van der Waals surface area contributed by atoms with Crippen molar-refractivity contribution in [2.75, 3.05) is 0 Å². The summed E-state index contributed by atoms with van der Waals surface area (Å²) in [5.41, 5.74) is 6.10. The third-order valence-corrected chi connectivity index (χ3v) is 4.82. The lowest BCUT2D eigenvalue weighted by Gasteiger charge is -2.05. The fraction of sp³-hybridized carbons (Fsp3) is 0. The van der Waals surface area contributed by atoms with Crippen molar-refractivity contribution in [1.29, 1.82) is 0 Å². The highest BCUT2D eigenvalue weighted by molar-refractivity contribution is 6.14. The third-order valence-electron chi connectivity index (χ3n) is 4.82. The molecule has 1 heterocycles. The second-order valence-electron chi connectivity index (χ2n) is 6.32. The molecule has 118 valence electrons. The number of fused-ring (bicyclic) bond motifs is 3. The standard InChI is InChI=1S/C24H17N/c1-3-10-18(11-4-1)22-21-16-15-17-9-7-8-14-20(17)24(21)25-23(22)19-12-5-2-6-13-19/h1-16,25H. The number of nitrogens with one attached hydrogen (secondary N) is 1. The van der Waals surface area contributed by atoms with Crippen molar-refractivity contribution in [3.63, 3.8) is 0 Å². The second-order valence-corrected chi connectivity index (χ2v) is 6.32. The van der Waals surface area contributed by atoms with E-state index in [9.17, 15) is 0 Å². The summed E-state index contributed by atoms with van der Waals surface area (Å²) in [5, 5.41) is 3.79. The Morgan fingerprint density at radius 2 is 1.12 bits per heavy atom. The van der Waals surface area contributed by atoms with Gasteiger partial charge in [-0.25, -0.2) is 0 Å². The molecule has 0 radical (unpaired) electrons. The number of hydrogen-bond acceptors (Lipinski definition) is 0. The lowest BCUT2D eigenvalue weighted by molar-refractivity contribution is 1.46. The molecular formula is C24H17N. The van der Waals surface area contributed by atoms with Gasteiger partial charge in [0.25, 0.3) is 0 Å². The van der Waals surface area contributed by atoms with Crippen molar-refractivity contribution >= 4 is 21.7 Å². The molecule has 0 aliphatic carbocycles. The van der Waals surface area contributed by atoms with Gasteiger partial charge in [-0.2, -0.15) is 0 Å². The average molecular weight is 319 g/mol. The van der Waals surface area contributed by atoms with E-state index in [4.69, 9.17) is 0 Å². The summed E-state index contributed by atoms with van der Waals surface area (Å²) in [6, 6.07) is 34.2. The zero-order valence-electron chi connectivity index (χ0n) is 13.7. The SMILES string of the molecule is c1ccc(-c2[nH]c3c(ccc4ccccc43)c2-c2ccccc2)cc1. The van der Waals surface area contributed by atoms with Crippen molar-refractivity contribution < 1.29 is 0 Å². The molecule has 1 nitrogen and oxygen atoms in total. The average Bonchev–Trinajstić information content (AvgIpc) is 3.09. The molecular weight excluding hydrogens is 302 g/mol. The van der Waals surface area contributed by atoms with Crippen LogP contribution in [0, 0.1) is 0 Å². The number of benzene rings is 4. The molecule has 1 aromatic heterocycles. The fourth-order valence-electron chi connectivity index (χ4n) is 3.66. The molecule has 1 heteroatoms. The molecule has 0 aliphatic heterocycles. The number of aromatic amines is 1. The Balaban J connectivity index is 1.93. The van der Waals surface area contributed by atoms with Gasteiger partial charge in [-0.3, -0.25) is 0 Å². The highest BCUT2D eigenvalue weighted by atomic mass is 14.7. The summed E-state index contributed by atoms with van der Waals surface area (Å²) in [4.78, 5) is 3.72. The van der Waals surface area contributed by atoms with Gasteiger partial charge >= 0.3 is 0 Å². The van der Waals surface area contributed by atoms with Gasteiger partial charge in [-0.15, -0.1) is 0 Å². The van der Waals surface area contributed by atoms with Crippen LogP contribution >= 0.6 is 0 Å². The summed E-state index contributed by atoms with van der Waals surface area (Å²) < 4.78 is 0. The van der Waals surface area contributed by atoms with Gasteiger partial charge in [0.05, 0.1) is 11.2 Å². The molecule has 0 bridgehead atoms. The molecule has 0 fully saturated rings. The van der Waals surface area contributed by atoms with Crippen molar-refractivity contribution in [1.82, 2.24) is 4.98 Å². The van der Waals surface area contributed by atoms with E-state index in [1.807, 2.05) is 0 Å². The number of H-pyrrole nitrogens is 1. The topological polar surface area (TPSA) is 15.8 Å². The van der Waals surface area contributed by atoms with Crippen LogP contribution in [0.1, 0.15) is 0 Å². The summed E-state index contributed by atoms with van der Waals surface area (Å²) >= 11 is 0. The molecule has 0 saturated carbocycles. The van der Waals surface area contributed by atoms with Gasteiger partial charge in [0.2, 0.25) is 0 Å². The van der Waals surface area contributed by atoms with Crippen LogP contribution in [-0.2, 0) is 0 Å². The number of hydrogen-bond donors (Lipinski definition) is 1. The maximum absolute atomic E-state index is 3.72. The van der Waals surface area contributed by atoms with E-state index in [1.165, 1.54) is 44.1 Å². The Hall–Kier alpha value is -3.32. The van der Waals surface area contributed by atoms with E-state index >= 15 is 0 Å². The van der Waals surface area contributed by atoms with Crippen LogP contribution < -0.4 is 0 Å². The molecule has 0 unspecified atom stereocenters. The molecule has 4 aromatic carbocycles. The van der Waals surface area contributed by atoms with Gasteiger partial charge in [0.15, 0.2) is 0 Å². The first-order valence-electron chi connectivity index (χ1n) is 8.56. The highest BCUT2D eigenvalue weighted by Gasteiger charge is 2.16. The van der Waals surface area contributed by atoms with E-state index in [0.29, 0.717) is 0 Å². The first-order chi connectivity index (χ1) is 12.4. The van der Waals surface area contributed by atoms with Crippen LogP contribution in [0.3, 0.4) is 0 Å². The van der Waals surface area contributed by atoms with Crippen molar-refractivity contribution in [3.05, 3.63) is 97.1 Å². The van der Waals surface area contributed by atoms with E-state index in [0.717, 1.165) is 0 Å². The zero-order valence-corrected chi connectivity index (χ0v) is 13.7. The third kappa shape index (κ3) is 2.25. The van der Waals surface area contributed by atoms with Crippen molar-refractivity contribution in [3.8, 4) is 22.4 Å². The van der Waals surface area contributed by atoms with Crippen LogP contribution in [0.5, 0.6) is 0 Å². The molecule has 0 amide bonds. The predicted octanol–water partition coefficient (Wildman–Crippen LogP) is 6.66. The van der Waals surface area contributed by atoms with Gasteiger partial charge < -0.3 is 4.98 Å². The Kier molecular flexibility index (Phi) is 3.17. The summed E-state index contributed by atoms with van der Waals surface area (Å²) in [5.74, 6) is 0. The van der Waals surface area contributed by atoms with Crippen molar-refractivity contribution in [2.45, 2.75) is 0 Å². The van der Waals surface area contributed by atoms with E-state index in [-0.39, 0.29) is 0 Å².